The predicted octanol–water partition coefficient (Wildman–Crippen LogP) is 3.79. The number of aromatic nitrogens is 4. The summed E-state index contributed by atoms with van der Waals surface area (Å²) in [6.07, 6.45) is -0.365. The van der Waals surface area contributed by atoms with Crippen molar-refractivity contribution in [3.63, 3.8) is 0 Å². The number of aryl methyl sites for hydroxylation is 1. The predicted molar refractivity (Wildman–Crippen MR) is 92.2 cm³/mol. The van der Waals surface area contributed by atoms with Crippen molar-refractivity contribution < 1.29 is 23.0 Å². The first-order valence-corrected chi connectivity index (χ1v) is 8.65. The zero-order valence-corrected chi connectivity index (χ0v) is 14.5. The molecule has 0 spiro atoms. The molecule has 0 fully saturated rings. The second-order valence-corrected chi connectivity index (χ2v) is 6.06. The molecule has 0 saturated heterocycles. The van der Waals surface area contributed by atoms with Gasteiger partial charge in [0, 0.05) is 18.6 Å². The van der Waals surface area contributed by atoms with Gasteiger partial charge >= 0.3 is 6.36 Å². The summed E-state index contributed by atoms with van der Waals surface area (Å²) in [5.41, 5.74) is 1.87. The summed E-state index contributed by atoms with van der Waals surface area (Å²) in [7, 11) is 0. The number of hydrogen-bond acceptors (Lipinski definition) is 5. The summed E-state index contributed by atoms with van der Waals surface area (Å²) in [4.78, 5) is 0. The van der Waals surface area contributed by atoms with Crippen LogP contribution in [0, 0.1) is 0 Å². The Morgan fingerprint density at radius 1 is 0.926 bits per heavy atom. The van der Waals surface area contributed by atoms with Crippen molar-refractivity contribution in [2.45, 2.75) is 38.5 Å². The highest BCUT2D eigenvalue weighted by atomic mass is 19.4. The molecule has 2 heterocycles. The zero-order valence-electron chi connectivity index (χ0n) is 14.5. The van der Waals surface area contributed by atoms with Crippen LogP contribution in [0.5, 0.6) is 5.75 Å². The number of halogens is 3. The fourth-order valence-corrected chi connectivity index (χ4v) is 2.72. The van der Waals surface area contributed by atoms with Crippen molar-refractivity contribution in [2.24, 2.45) is 0 Å². The van der Waals surface area contributed by atoms with E-state index in [-0.39, 0.29) is 12.4 Å². The Kier molecular flexibility index (Phi) is 5.90. The van der Waals surface area contributed by atoms with E-state index < -0.39 is 6.36 Å². The smallest absolute Gasteiger partial charge is 0.406 e. The van der Waals surface area contributed by atoms with Crippen LogP contribution in [0.15, 0.2) is 36.4 Å². The molecule has 144 valence electrons. The molecule has 0 atom stereocenters. The van der Waals surface area contributed by atoms with E-state index in [0.29, 0.717) is 23.3 Å². The van der Waals surface area contributed by atoms with Crippen LogP contribution in [0.3, 0.4) is 0 Å². The van der Waals surface area contributed by atoms with Gasteiger partial charge in [-0.05, 0) is 49.2 Å². The molecule has 0 bridgehead atoms. The van der Waals surface area contributed by atoms with Crippen LogP contribution in [0.2, 0.25) is 0 Å². The highest BCUT2D eigenvalue weighted by Crippen LogP contribution is 2.26. The van der Waals surface area contributed by atoms with Crippen LogP contribution in [0.1, 0.15) is 31.5 Å². The second-order valence-electron chi connectivity index (χ2n) is 6.06. The van der Waals surface area contributed by atoms with Gasteiger partial charge in [-0.3, -0.25) is 0 Å². The maximum absolute atomic E-state index is 12.3. The third-order valence-electron chi connectivity index (χ3n) is 4.02. The molecule has 6 nitrogen and oxygen atoms in total. The lowest BCUT2D eigenvalue weighted by Crippen LogP contribution is -2.16. The molecule has 1 N–H and O–H groups in total. The molecule has 9 heteroatoms. The van der Waals surface area contributed by atoms with Crippen molar-refractivity contribution in [3.8, 4) is 17.0 Å². The molecular weight excluding hydrogens is 361 g/mol. The largest absolute Gasteiger partial charge is 0.573 e. The molecular formula is C18H19F3N4O2. The van der Waals surface area contributed by atoms with Gasteiger partial charge in [0.1, 0.15) is 5.75 Å². The van der Waals surface area contributed by atoms with Gasteiger partial charge in [-0.25, -0.2) is 0 Å². The second kappa shape index (κ2) is 8.34. The van der Waals surface area contributed by atoms with E-state index in [1.807, 2.05) is 0 Å². The molecule has 0 aliphatic heterocycles. The van der Waals surface area contributed by atoms with Crippen molar-refractivity contribution in [1.82, 2.24) is 19.8 Å². The molecule has 2 aromatic heterocycles. The number of fused-ring (bicyclic) bond motifs is 1. The number of nitrogens with zero attached hydrogens (tertiary/aromatic N) is 4. The van der Waals surface area contributed by atoms with E-state index >= 15 is 0 Å². The van der Waals surface area contributed by atoms with Gasteiger partial charge in [-0.1, -0.05) is 12.8 Å². The van der Waals surface area contributed by atoms with Crippen LogP contribution >= 0.6 is 0 Å². The SMILES string of the molecule is OCCCCCCc1nnc2ccc(-c3ccc(OC(F)(F)F)cc3)nn12. The summed E-state index contributed by atoms with van der Waals surface area (Å²) in [5.74, 6) is 0.452. The van der Waals surface area contributed by atoms with E-state index in [1.165, 1.54) is 24.3 Å². The summed E-state index contributed by atoms with van der Waals surface area (Å²) < 4.78 is 42.3. The molecule has 0 amide bonds. The van der Waals surface area contributed by atoms with Gasteiger partial charge in [0.05, 0.1) is 5.69 Å². The molecule has 0 aliphatic carbocycles. The highest BCUT2D eigenvalue weighted by Gasteiger charge is 2.30. The molecule has 3 rings (SSSR count). The minimum atomic E-state index is -4.72. The lowest BCUT2D eigenvalue weighted by molar-refractivity contribution is -0.274. The average molecular weight is 380 g/mol. The number of aliphatic hydroxyl groups is 1. The van der Waals surface area contributed by atoms with Gasteiger partial charge in [-0.2, -0.15) is 9.61 Å². The van der Waals surface area contributed by atoms with Crippen LogP contribution < -0.4 is 4.74 Å². The fourth-order valence-electron chi connectivity index (χ4n) is 2.72. The number of ether oxygens (including phenoxy) is 1. The van der Waals surface area contributed by atoms with E-state index in [0.717, 1.165) is 31.5 Å². The van der Waals surface area contributed by atoms with E-state index in [2.05, 4.69) is 20.0 Å². The van der Waals surface area contributed by atoms with Gasteiger partial charge in [-0.15, -0.1) is 23.4 Å². The van der Waals surface area contributed by atoms with E-state index in [9.17, 15) is 13.2 Å². The fraction of sp³-hybridized carbons (Fsp3) is 0.389. The average Bonchev–Trinajstić information content (AvgIpc) is 3.03. The summed E-state index contributed by atoms with van der Waals surface area (Å²) in [5, 5.41) is 21.6. The Balaban J connectivity index is 1.74. The first kappa shape index (κ1) is 19.1. The molecule has 0 saturated carbocycles. The normalized spacial score (nSPS) is 11.9. The van der Waals surface area contributed by atoms with Crippen LogP contribution in [-0.2, 0) is 6.42 Å². The van der Waals surface area contributed by atoms with Gasteiger partial charge in [0.2, 0.25) is 0 Å². The topological polar surface area (TPSA) is 72.5 Å². The Bertz CT molecular complexity index is 878. The van der Waals surface area contributed by atoms with E-state index in [4.69, 9.17) is 5.11 Å². The van der Waals surface area contributed by atoms with Crippen LogP contribution in [0.25, 0.3) is 16.9 Å². The van der Waals surface area contributed by atoms with Crippen molar-refractivity contribution in [1.29, 1.82) is 0 Å². The zero-order chi connectivity index (χ0) is 19.3. The Hall–Kier alpha value is -2.68. The molecule has 27 heavy (non-hydrogen) atoms. The number of unbranched alkanes of at least 4 members (excludes halogenated alkanes) is 3. The first-order valence-electron chi connectivity index (χ1n) is 8.65. The van der Waals surface area contributed by atoms with Crippen LogP contribution in [-0.4, -0.2) is 37.9 Å². The lowest BCUT2D eigenvalue weighted by Gasteiger charge is -2.09. The maximum atomic E-state index is 12.3. The minimum Gasteiger partial charge on any atom is -0.406 e. The van der Waals surface area contributed by atoms with Crippen molar-refractivity contribution in [2.75, 3.05) is 6.61 Å². The molecule has 0 aliphatic rings. The van der Waals surface area contributed by atoms with Crippen molar-refractivity contribution >= 4 is 5.65 Å². The minimum absolute atomic E-state index is 0.200. The Labute approximate surface area is 153 Å². The van der Waals surface area contributed by atoms with Gasteiger partial charge in [0.25, 0.3) is 0 Å². The number of aliphatic hydroxyl groups excluding tert-OH is 1. The quantitative estimate of drug-likeness (QED) is 0.602. The lowest BCUT2D eigenvalue weighted by atomic mass is 10.1. The summed E-state index contributed by atoms with van der Waals surface area (Å²) >= 11 is 0. The molecule has 3 aromatic rings. The number of alkyl halides is 3. The molecule has 0 radical (unpaired) electrons. The standard InChI is InChI=1S/C18H19F3N4O2/c19-18(20,21)27-14-8-6-13(7-9-14)15-10-11-17-23-22-16(25(17)24-15)5-3-1-2-4-12-26/h6-11,26H,1-5,12H2. The maximum Gasteiger partial charge on any atom is 0.573 e. The monoisotopic (exact) mass is 380 g/mol. The van der Waals surface area contributed by atoms with Crippen molar-refractivity contribution in [3.05, 3.63) is 42.2 Å². The third kappa shape index (κ3) is 5.16. The number of benzene rings is 1. The summed E-state index contributed by atoms with van der Waals surface area (Å²) in [6.45, 7) is 0.200. The summed E-state index contributed by atoms with van der Waals surface area (Å²) in [6, 6.07) is 9.06. The Morgan fingerprint density at radius 3 is 2.37 bits per heavy atom. The van der Waals surface area contributed by atoms with E-state index in [1.54, 1.807) is 16.6 Å². The molecule has 0 unspecified atom stereocenters. The Morgan fingerprint density at radius 2 is 1.67 bits per heavy atom. The highest BCUT2D eigenvalue weighted by molar-refractivity contribution is 5.61. The first-order chi connectivity index (χ1) is 13.0. The van der Waals surface area contributed by atoms with Crippen LogP contribution in [0.4, 0.5) is 13.2 Å². The molecule has 1 aromatic carbocycles. The number of rotatable bonds is 8. The number of hydrogen-bond donors (Lipinski definition) is 1. The van der Waals surface area contributed by atoms with Gasteiger partial charge in [0.15, 0.2) is 11.5 Å². The third-order valence-corrected chi connectivity index (χ3v) is 4.02. The van der Waals surface area contributed by atoms with Gasteiger partial charge < -0.3 is 9.84 Å².